The second-order valence-corrected chi connectivity index (χ2v) is 7.50. The summed E-state index contributed by atoms with van der Waals surface area (Å²) in [7, 11) is 0. The number of ether oxygens (including phenoxy) is 1. The maximum atomic E-state index is 11.8. The number of nitrogens with one attached hydrogen (secondary N) is 1. The van der Waals surface area contributed by atoms with E-state index in [2.05, 4.69) is 39.5 Å². The van der Waals surface area contributed by atoms with E-state index >= 15 is 0 Å². The fourth-order valence-electron chi connectivity index (χ4n) is 4.02. The standard InChI is InChI=1S/C21H33N5O2.HI/c1-2-28-21(27)26-14-10-18(11-15-26)24-20(22)23-16-19(25-12-6-7-13-25)17-8-4-3-5-9-17;/h3-5,8-9,18-19H,2,6-7,10-16H2,1H3,(H3,22,23,24);1H. The van der Waals surface area contributed by atoms with Gasteiger partial charge in [0.05, 0.1) is 19.2 Å². The van der Waals surface area contributed by atoms with E-state index in [9.17, 15) is 4.79 Å². The summed E-state index contributed by atoms with van der Waals surface area (Å²) in [6, 6.07) is 11.1. The van der Waals surface area contributed by atoms with Crippen molar-refractivity contribution in [3.8, 4) is 0 Å². The minimum absolute atomic E-state index is 0. The zero-order valence-electron chi connectivity index (χ0n) is 17.3. The molecule has 1 aromatic carbocycles. The number of carbonyl (C=O) groups is 1. The van der Waals surface area contributed by atoms with Crippen LogP contribution in [0.1, 0.15) is 44.2 Å². The first-order chi connectivity index (χ1) is 13.7. The van der Waals surface area contributed by atoms with Crippen LogP contribution >= 0.6 is 24.0 Å². The highest BCUT2D eigenvalue weighted by Gasteiger charge is 2.25. The molecule has 162 valence electrons. The first-order valence-corrected chi connectivity index (χ1v) is 10.4. The van der Waals surface area contributed by atoms with Gasteiger partial charge in [-0.15, -0.1) is 24.0 Å². The van der Waals surface area contributed by atoms with Gasteiger partial charge in [0.15, 0.2) is 5.96 Å². The Morgan fingerprint density at radius 1 is 1.21 bits per heavy atom. The predicted octanol–water partition coefficient (Wildman–Crippen LogP) is 2.97. The fourth-order valence-corrected chi connectivity index (χ4v) is 4.02. The highest BCUT2D eigenvalue weighted by atomic mass is 127. The van der Waals surface area contributed by atoms with Crippen molar-refractivity contribution < 1.29 is 9.53 Å². The van der Waals surface area contributed by atoms with Crippen LogP contribution in [0, 0.1) is 0 Å². The van der Waals surface area contributed by atoms with E-state index in [0.29, 0.717) is 32.2 Å². The number of aliphatic imine (C=N–C) groups is 1. The summed E-state index contributed by atoms with van der Waals surface area (Å²) in [6.45, 7) is 6.51. The minimum Gasteiger partial charge on any atom is -0.450 e. The second kappa shape index (κ2) is 12.2. The molecule has 2 heterocycles. The van der Waals surface area contributed by atoms with Gasteiger partial charge in [-0.1, -0.05) is 30.3 Å². The molecule has 8 heteroatoms. The Bertz CT molecular complexity index is 644. The van der Waals surface area contributed by atoms with E-state index in [4.69, 9.17) is 10.5 Å². The Kier molecular flexibility index (Phi) is 9.99. The molecular formula is C21H34IN5O2. The summed E-state index contributed by atoms with van der Waals surface area (Å²) < 4.78 is 5.07. The van der Waals surface area contributed by atoms with Gasteiger partial charge in [0.2, 0.25) is 0 Å². The molecule has 2 aliphatic heterocycles. The summed E-state index contributed by atoms with van der Waals surface area (Å²) in [5.74, 6) is 0.495. The number of guanidine groups is 1. The molecule has 0 aromatic heterocycles. The van der Waals surface area contributed by atoms with Crippen LogP contribution in [-0.4, -0.2) is 67.2 Å². The van der Waals surface area contributed by atoms with Gasteiger partial charge < -0.3 is 20.7 Å². The van der Waals surface area contributed by atoms with Gasteiger partial charge in [0.1, 0.15) is 0 Å². The molecule has 1 aromatic rings. The Morgan fingerprint density at radius 2 is 1.86 bits per heavy atom. The zero-order valence-corrected chi connectivity index (χ0v) is 19.6. The number of likely N-dealkylation sites (tertiary alicyclic amines) is 2. The van der Waals surface area contributed by atoms with Gasteiger partial charge in [-0.2, -0.15) is 0 Å². The average molecular weight is 515 g/mol. The Hall–Kier alpha value is -1.55. The molecule has 1 unspecified atom stereocenters. The number of piperidine rings is 1. The number of hydrogen-bond donors (Lipinski definition) is 2. The molecule has 0 bridgehead atoms. The quantitative estimate of drug-likeness (QED) is 0.346. The summed E-state index contributed by atoms with van der Waals surface area (Å²) in [5.41, 5.74) is 7.48. The Balaban J connectivity index is 0.00000300. The average Bonchev–Trinajstić information content (AvgIpc) is 3.24. The highest BCUT2D eigenvalue weighted by Crippen LogP contribution is 2.25. The van der Waals surface area contributed by atoms with Crippen LogP contribution < -0.4 is 11.1 Å². The van der Waals surface area contributed by atoms with Gasteiger partial charge in [-0.05, 0) is 51.3 Å². The van der Waals surface area contributed by atoms with E-state index in [1.165, 1.54) is 18.4 Å². The normalized spacial score (nSPS) is 19.5. The van der Waals surface area contributed by atoms with Crippen LogP contribution in [0.5, 0.6) is 0 Å². The fraction of sp³-hybridized carbons (Fsp3) is 0.619. The third-order valence-corrected chi connectivity index (χ3v) is 5.57. The van der Waals surface area contributed by atoms with Crippen molar-refractivity contribution in [2.45, 2.75) is 44.7 Å². The lowest BCUT2D eigenvalue weighted by molar-refractivity contribution is 0.0963. The van der Waals surface area contributed by atoms with Crippen LogP contribution in [0.15, 0.2) is 35.3 Å². The number of rotatable bonds is 6. The highest BCUT2D eigenvalue weighted by molar-refractivity contribution is 14.0. The Labute approximate surface area is 191 Å². The molecule has 2 fully saturated rings. The van der Waals surface area contributed by atoms with Crippen molar-refractivity contribution in [1.82, 2.24) is 15.1 Å². The van der Waals surface area contributed by atoms with Crippen LogP contribution in [0.25, 0.3) is 0 Å². The topological polar surface area (TPSA) is 83.2 Å². The molecule has 29 heavy (non-hydrogen) atoms. The van der Waals surface area contributed by atoms with Gasteiger partial charge >= 0.3 is 6.09 Å². The molecule has 0 saturated carbocycles. The predicted molar refractivity (Wildman–Crippen MR) is 127 cm³/mol. The van der Waals surface area contributed by atoms with Crippen molar-refractivity contribution in [1.29, 1.82) is 0 Å². The second-order valence-electron chi connectivity index (χ2n) is 7.50. The number of benzene rings is 1. The summed E-state index contributed by atoms with van der Waals surface area (Å²) >= 11 is 0. The van der Waals surface area contributed by atoms with Crippen LogP contribution in [0.4, 0.5) is 4.79 Å². The first-order valence-electron chi connectivity index (χ1n) is 10.4. The van der Waals surface area contributed by atoms with E-state index in [0.717, 1.165) is 25.9 Å². The molecule has 7 nitrogen and oxygen atoms in total. The number of carbonyl (C=O) groups excluding carboxylic acids is 1. The summed E-state index contributed by atoms with van der Waals surface area (Å²) in [6.07, 6.45) is 3.98. The molecule has 2 saturated heterocycles. The maximum Gasteiger partial charge on any atom is 0.409 e. The lowest BCUT2D eigenvalue weighted by atomic mass is 10.1. The molecule has 0 aliphatic carbocycles. The maximum absolute atomic E-state index is 11.8. The number of nitrogens with two attached hydrogens (primary N) is 1. The van der Waals surface area contributed by atoms with Gasteiger partial charge in [-0.3, -0.25) is 9.89 Å². The number of hydrogen-bond acceptors (Lipinski definition) is 4. The van der Waals surface area contributed by atoms with Gasteiger partial charge in [0, 0.05) is 19.1 Å². The van der Waals surface area contributed by atoms with Crippen LogP contribution in [0.3, 0.4) is 0 Å². The van der Waals surface area contributed by atoms with Crippen molar-refractivity contribution >= 4 is 36.0 Å². The molecule has 0 spiro atoms. The number of nitrogens with zero attached hydrogens (tertiary/aromatic N) is 3. The zero-order chi connectivity index (χ0) is 19.8. The lowest BCUT2D eigenvalue weighted by Gasteiger charge is -2.32. The third kappa shape index (κ3) is 7.02. The molecule has 3 N–H and O–H groups in total. The van der Waals surface area contributed by atoms with Crippen LogP contribution in [-0.2, 0) is 4.74 Å². The Morgan fingerprint density at radius 3 is 2.48 bits per heavy atom. The van der Waals surface area contributed by atoms with Crippen molar-refractivity contribution in [2.75, 3.05) is 39.3 Å². The molecule has 2 aliphatic rings. The lowest BCUT2D eigenvalue weighted by Crippen LogP contribution is -2.48. The van der Waals surface area contributed by atoms with E-state index in [1.807, 2.05) is 13.0 Å². The number of amides is 1. The molecule has 1 atom stereocenters. The van der Waals surface area contributed by atoms with Crippen LogP contribution in [0.2, 0.25) is 0 Å². The van der Waals surface area contributed by atoms with E-state index in [-0.39, 0.29) is 42.2 Å². The van der Waals surface area contributed by atoms with Crippen molar-refractivity contribution in [3.05, 3.63) is 35.9 Å². The smallest absolute Gasteiger partial charge is 0.409 e. The first kappa shape index (κ1) is 23.7. The molecule has 1 amide bonds. The van der Waals surface area contributed by atoms with Gasteiger partial charge in [0.25, 0.3) is 0 Å². The van der Waals surface area contributed by atoms with E-state index in [1.54, 1.807) is 4.90 Å². The molecule has 3 rings (SSSR count). The summed E-state index contributed by atoms with van der Waals surface area (Å²) in [4.78, 5) is 20.7. The molecule has 0 radical (unpaired) electrons. The van der Waals surface area contributed by atoms with Gasteiger partial charge in [-0.25, -0.2) is 4.79 Å². The molecular weight excluding hydrogens is 481 g/mol. The van der Waals surface area contributed by atoms with Crippen molar-refractivity contribution in [2.24, 2.45) is 10.7 Å². The van der Waals surface area contributed by atoms with E-state index < -0.39 is 0 Å². The minimum atomic E-state index is -0.223. The monoisotopic (exact) mass is 515 g/mol. The summed E-state index contributed by atoms with van der Waals surface area (Å²) in [5, 5.41) is 3.34. The van der Waals surface area contributed by atoms with Crippen molar-refractivity contribution in [3.63, 3.8) is 0 Å². The third-order valence-electron chi connectivity index (χ3n) is 5.57. The largest absolute Gasteiger partial charge is 0.450 e. The number of halogens is 1. The SMILES string of the molecule is CCOC(=O)N1CCC(NC(N)=NCC(c2ccccc2)N2CCCC2)CC1.I.